The van der Waals surface area contributed by atoms with Crippen LogP contribution in [0, 0.1) is 5.92 Å². The molecule has 1 amide bonds. The van der Waals surface area contributed by atoms with Crippen molar-refractivity contribution in [3.05, 3.63) is 0 Å². The van der Waals surface area contributed by atoms with E-state index in [0.717, 1.165) is 31.9 Å². The Morgan fingerprint density at radius 1 is 1.11 bits per heavy atom. The number of hydrogen-bond donors (Lipinski definition) is 1. The minimum Gasteiger partial charge on any atom is -0.378 e. The molecule has 0 spiro atoms. The summed E-state index contributed by atoms with van der Waals surface area (Å²) in [6.45, 7) is 7.06. The van der Waals surface area contributed by atoms with Crippen LogP contribution in [0.3, 0.4) is 0 Å². The highest BCUT2D eigenvalue weighted by Gasteiger charge is 2.30. The molecule has 0 bridgehead atoms. The Hall–Kier alpha value is -1.51. The molecular weight excluding hydrogens is 361 g/mol. The predicted octanol–water partition coefficient (Wildman–Crippen LogP) is 2.26. The van der Waals surface area contributed by atoms with E-state index in [9.17, 15) is 18.0 Å². The van der Waals surface area contributed by atoms with E-state index in [4.69, 9.17) is 4.74 Å². The first-order chi connectivity index (χ1) is 12.9. The first-order valence-electron chi connectivity index (χ1n) is 9.87. The van der Waals surface area contributed by atoms with Gasteiger partial charge in [-0.15, -0.1) is 0 Å². The fraction of sp³-hybridized carbons (Fsp3) is 0.889. The van der Waals surface area contributed by atoms with Crippen molar-refractivity contribution in [1.29, 1.82) is 0 Å². The summed E-state index contributed by atoms with van der Waals surface area (Å²) in [7, 11) is 0. The zero-order valence-electron chi connectivity index (χ0n) is 16.1. The Bertz CT molecular complexity index is 485. The molecule has 2 heterocycles. The summed E-state index contributed by atoms with van der Waals surface area (Å²) in [6.07, 6.45) is -2.79. The highest BCUT2D eigenvalue weighted by atomic mass is 19.4. The number of morpholine rings is 1. The quantitative estimate of drug-likeness (QED) is 0.428. The Morgan fingerprint density at radius 3 is 2.37 bits per heavy atom. The third-order valence-electron chi connectivity index (χ3n) is 4.93. The number of ether oxygens (including phenoxy) is 1. The van der Waals surface area contributed by atoms with Crippen molar-refractivity contribution < 1.29 is 22.7 Å². The molecule has 2 saturated heterocycles. The van der Waals surface area contributed by atoms with Crippen molar-refractivity contribution in [1.82, 2.24) is 15.1 Å². The molecule has 1 N–H and O–H groups in total. The standard InChI is InChI=1S/C18H31F3N4O2/c1-2-22-17(23-8-4-3-7-18(19,20)21)25-9-5-15(6-10-25)16(26)24-11-13-27-14-12-24/h15H,2-14H2,1H3,(H,22,23). The number of rotatable bonds is 6. The molecule has 0 aromatic heterocycles. The molecule has 0 radical (unpaired) electrons. The summed E-state index contributed by atoms with van der Waals surface area (Å²) >= 11 is 0. The largest absolute Gasteiger partial charge is 0.389 e. The molecule has 9 heteroatoms. The summed E-state index contributed by atoms with van der Waals surface area (Å²) < 4.78 is 41.9. The first-order valence-corrected chi connectivity index (χ1v) is 9.87. The highest BCUT2D eigenvalue weighted by Crippen LogP contribution is 2.22. The van der Waals surface area contributed by atoms with Crippen LogP contribution in [0.4, 0.5) is 13.2 Å². The first kappa shape index (κ1) is 21.8. The van der Waals surface area contributed by atoms with Gasteiger partial charge in [0.2, 0.25) is 5.91 Å². The second-order valence-corrected chi connectivity index (χ2v) is 7.01. The molecule has 6 nitrogen and oxygen atoms in total. The second kappa shape index (κ2) is 10.7. The molecule has 0 aromatic carbocycles. The van der Waals surface area contributed by atoms with Crippen LogP contribution in [0.2, 0.25) is 0 Å². The topological polar surface area (TPSA) is 57.2 Å². The van der Waals surface area contributed by atoms with Crippen LogP contribution in [0.1, 0.15) is 39.0 Å². The lowest BCUT2D eigenvalue weighted by Crippen LogP contribution is -2.50. The number of guanidine groups is 1. The summed E-state index contributed by atoms with van der Waals surface area (Å²) in [5.74, 6) is 0.989. The molecule has 0 saturated carbocycles. The number of nitrogens with zero attached hydrogens (tertiary/aromatic N) is 3. The molecule has 156 valence electrons. The van der Waals surface area contributed by atoms with Gasteiger partial charge in [0.05, 0.1) is 13.2 Å². The van der Waals surface area contributed by atoms with E-state index in [2.05, 4.69) is 15.2 Å². The lowest BCUT2D eigenvalue weighted by Gasteiger charge is -2.36. The predicted molar refractivity (Wildman–Crippen MR) is 97.6 cm³/mol. The van der Waals surface area contributed by atoms with Crippen molar-refractivity contribution >= 4 is 11.9 Å². The lowest BCUT2D eigenvalue weighted by molar-refractivity contribution is -0.141. The summed E-state index contributed by atoms with van der Waals surface area (Å²) in [6, 6.07) is 0. The lowest BCUT2D eigenvalue weighted by atomic mass is 9.95. The van der Waals surface area contributed by atoms with E-state index in [-0.39, 0.29) is 18.2 Å². The van der Waals surface area contributed by atoms with Gasteiger partial charge in [-0.1, -0.05) is 0 Å². The molecule has 2 rings (SSSR count). The Kier molecular flexibility index (Phi) is 8.66. The van der Waals surface area contributed by atoms with E-state index in [1.54, 1.807) is 0 Å². The van der Waals surface area contributed by atoms with Gasteiger partial charge in [-0.05, 0) is 32.6 Å². The zero-order valence-corrected chi connectivity index (χ0v) is 16.1. The van der Waals surface area contributed by atoms with Crippen LogP contribution in [-0.2, 0) is 9.53 Å². The molecule has 27 heavy (non-hydrogen) atoms. The second-order valence-electron chi connectivity index (χ2n) is 7.01. The maximum Gasteiger partial charge on any atom is 0.389 e. The zero-order chi connectivity index (χ0) is 19.7. The van der Waals surface area contributed by atoms with Crippen LogP contribution in [0.5, 0.6) is 0 Å². The van der Waals surface area contributed by atoms with Crippen LogP contribution >= 0.6 is 0 Å². The molecule has 2 aliphatic heterocycles. The summed E-state index contributed by atoms with van der Waals surface area (Å²) in [5, 5.41) is 3.21. The van der Waals surface area contributed by atoms with Crippen molar-refractivity contribution in [2.45, 2.75) is 45.2 Å². The average molecular weight is 392 g/mol. The van der Waals surface area contributed by atoms with Gasteiger partial charge in [0.25, 0.3) is 0 Å². The monoisotopic (exact) mass is 392 g/mol. The molecule has 0 unspecified atom stereocenters. The maximum atomic E-state index is 12.6. The van der Waals surface area contributed by atoms with Gasteiger partial charge in [0.15, 0.2) is 5.96 Å². The fourth-order valence-corrected chi connectivity index (χ4v) is 3.43. The van der Waals surface area contributed by atoms with E-state index < -0.39 is 12.6 Å². The third-order valence-corrected chi connectivity index (χ3v) is 4.93. The number of alkyl halides is 3. The van der Waals surface area contributed by atoms with Crippen LogP contribution in [0.25, 0.3) is 0 Å². The van der Waals surface area contributed by atoms with E-state index in [1.165, 1.54) is 0 Å². The average Bonchev–Trinajstić information content (AvgIpc) is 2.66. The van der Waals surface area contributed by atoms with Gasteiger partial charge >= 0.3 is 6.18 Å². The van der Waals surface area contributed by atoms with Gasteiger partial charge in [-0.2, -0.15) is 13.2 Å². The van der Waals surface area contributed by atoms with Gasteiger partial charge in [0, 0.05) is 51.6 Å². The van der Waals surface area contributed by atoms with Gasteiger partial charge < -0.3 is 19.9 Å². The number of nitrogens with one attached hydrogen (secondary N) is 1. The number of unbranched alkanes of at least 4 members (excludes halogenated alkanes) is 1. The third kappa shape index (κ3) is 7.56. The number of aliphatic imine (C=N–C) groups is 1. The van der Waals surface area contributed by atoms with Crippen LogP contribution in [0.15, 0.2) is 4.99 Å². The Morgan fingerprint density at radius 2 is 1.78 bits per heavy atom. The van der Waals surface area contributed by atoms with Crippen molar-refractivity contribution in [2.75, 3.05) is 52.5 Å². The summed E-state index contributed by atoms with van der Waals surface area (Å²) in [4.78, 5) is 21.1. The van der Waals surface area contributed by atoms with E-state index in [1.807, 2.05) is 11.8 Å². The molecule has 0 aromatic rings. The molecule has 0 aliphatic carbocycles. The Labute approximate surface area is 159 Å². The van der Waals surface area contributed by atoms with Gasteiger partial charge in [-0.3, -0.25) is 9.79 Å². The maximum absolute atomic E-state index is 12.6. The van der Waals surface area contributed by atoms with Crippen molar-refractivity contribution in [3.8, 4) is 0 Å². The number of amides is 1. The van der Waals surface area contributed by atoms with E-state index in [0.29, 0.717) is 45.8 Å². The molecule has 2 aliphatic rings. The van der Waals surface area contributed by atoms with Crippen LogP contribution in [-0.4, -0.2) is 80.3 Å². The minimum absolute atomic E-state index is 0.0361. The SMILES string of the molecule is CCNC(=NCCCCC(F)(F)F)N1CCC(C(=O)N2CCOCC2)CC1. The molecular formula is C18H31F3N4O2. The van der Waals surface area contributed by atoms with Crippen molar-refractivity contribution in [3.63, 3.8) is 0 Å². The van der Waals surface area contributed by atoms with Gasteiger partial charge in [-0.25, -0.2) is 0 Å². The fourth-order valence-electron chi connectivity index (χ4n) is 3.43. The molecule has 2 fully saturated rings. The van der Waals surface area contributed by atoms with E-state index >= 15 is 0 Å². The number of halogens is 3. The Balaban J connectivity index is 1.77. The number of likely N-dealkylation sites (tertiary alicyclic amines) is 1. The minimum atomic E-state index is -4.09. The number of carbonyl (C=O) groups is 1. The summed E-state index contributed by atoms with van der Waals surface area (Å²) in [5.41, 5.74) is 0. The van der Waals surface area contributed by atoms with Crippen molar-refractivity contribution in [2.24, 2.45) is 10.9 Å². The number of hydrogen-bond acceptors (Lipinski definition) is 3. The smallest absolute Gasteiger partial charge is 0.378 e. The number of piperidine rings is 1. The number of carbonyl (C=O) groups excluding carboxylic acids is 1. The highest BCUT2D eigenvalue weighted by molar-refractivity contribution is 5.81. The van der Waals surface area contributed by atoms with Crippen LogP contribution < -0.4 is 5.32 Å². The van der Waals surface area contributed by atoms with Gasteiger partial charge in [0.1, 0.15) is 0 Å². The molecule has 0 atom stereocenters. The normalized spacial score (nSPS) is 20.1.